The Bertz CT molecular complexity index is 3660. The summed E-state index contributed by atoms with van der Waals surface area (Å²) in [6, 6.07) is 7.28. The Balaban J connectivity index is 0.000000171. The molecule has 6 N–H and O–H groups in total. The van der Waals surface area contributed by atoms with Crippen molar-refractivity contribution >= 4 is 87.6 Å². The van der Waals surface area contributed by atoms with Crippen molar-refractivity contribution in [2.75, 3.05) is 133 Å². The first-order valence-electron chi connectivity index (χ1n) is 40.3. The molecule has 5 amide bonds. The smallest absolute Gasteiger partial charge is 0.253 e. The van der Waals surface area contributed by atoms with Crippen molar-refractivity contribution in [1.82, 2.24) is 55.2 Å². The van der Waals surface area contributed by atoms with Gasteiger partial charge in [0.2, 0.25) is 35.6 Å². The number of likely N-dealkylation sites (N-methyl/N-ethyl adjacent to an activating group) is 3. The summed E-state index contributed by atoms with van der Waals surface area (Å²) >= 11 is 0. The van der Waals surface area contributed by atoms with Crippen LogP contribution < -0.4 is 60.7 Å². The highest BCUT2D eigenvalue weighted by molar-refractivity contribution is 6.06. The van der Waals surface area contributed by atoms with E-state index in [9.17, 15) is 29.1 Å². The topological polar surface area (TPSA) is 281 Å². The van der Waals surface area contributed by atoms with E-state index in [4.69, 9.17) is 19.7 Å². The van der Waals surface area contributed by atoms with E-state index in [1.807, 2.05) is 26.4 Å². The summed E-state index contributed by atoms with van der Waals surface area (Å²) in [6.07, 6.45) is 30.1. The normalized spacial score (nSPS) is 23.1. The highest BCUT2D eigenvalue weighted by Gasteiger charge is 2.46. The van der Waals surface area contributed by atoms with Crippen LogP contribution in [0.2, 0.25) is 0 Å². The van der Waals surface area contributed by atoms with Crippen molar-refractivity contribution in [3.63, 3.8) is 0 Å². The lowest BCUT2D eigenvalue weighted by atomic mass is 9.88. The second kappa shape index (κ2) is 36.8. The van der Waals surface area contributed by atoms with Gasteiger partial charge in [0.05, 0.1) is 31.4 Å². The molecule has 3 saturated carbocycles. The van der Waals surface area contributed by atoms with Crippen molar-refractivity contribution in [3.05, 3.63) is 42.4 Å². The first-order chi connectivity index (χ1) is 51.1. The molecular formula is C81H130N20O7. The van der Waals surface area contributed by atoms with Gasteiger partial charge in [0, 0.05) is 82.1 Å². The zero-order valence-electron chi connectivity index (χ0n) is 65.4. The van der Waals surface area contributed by atoms with Gasteiger partial charge in [-0.2, -0.15) is 15.0 Å². The van der Waals surface area contributed by atoms with Gasteiger partial charge in [-0.3, -0.25) is 24.0 Å². The summed E-state index contributed by atoms with van der Waals surface area (Å²) in [5, 5.41) is 26.9. The van der Waals surface area contributed by atoms with E-state index in [0.29, 0.717) is 83.9 Å². The van der Waals surface area contributed by atoms with Crippen molar-refractivity contribution in [2.45, 2.75) is 277 Å². The van der Waals surface area contributed by atoms with E-state index in [0.717, 1.165) is 137 Å². The summed E-state index contributed by atoms with van der Waals surface area (Å²) in [5.74, 6) is 5.90. The molecule has 4 saturated heterocycles. The van der Waals surface area contributed by atoms with Crippen molar-refractivity contribution in [2.24, 2.45) is 11.8 Å². The van der Waals surface area contributed by atoms with Crippen LogP contribution in [0.3, 0.4) is 0 Å². The second-order valence-electron chi connectivity index (χ2n) is 32.2. The molecule has 3 aliphatic carbocycles. The van der Waals surface area contributed by atoms with Gasteiger partial charge in [-0.25, -0.2) is 15.0 Å². The lowest BCUT2D eigenvalue weighted by Gasteiger charge is -2.43. The summed E-state index contributed by atoms with van der Waals surface area (Å²) in [7, 11) is 9.30. The van der Waals surface area contributed by atoms with Gasteiger partial charge in [-0.05, 0) is 213 Å². The number of anilines is 10. The zero-order chi connectivity index (χ0) is 75.1. The molecule has 596 valence electrons. The lowest BCUT2D eigenvalue weighted by molar-refractivity contribution is -0.149. The Morgan fingerprint density at radius 2 is 0.954 bits per heavy atom. The van der Waals surface area contributed by atoms with Gasteiger partial charge in [0.25, 0.3) is 11.8 Å². The highest BCUT2D eigenvalue weighted by atomic mass is 16.5. The van der Waals surface area contributed by atoms with Crippen LogP contribution in [0.4, 0.5) is 58.0 Å². The maximum atomic E-state index is 13.1. The van der Waals surface area contributed by atoms with E-state index in [-0.39, 0.29) is 74.6 Å². The molecule has 1 aromatic carbocycles. The van der Waals surface area contributed by atoms with Crippen LogP contribution >= 0.6 is 0 Å². The van der Waals surface area contributed by atoms with E-state index in [1.54, 1.807) is 72.1 Å². The number of benzene rings is 1. The maximum absolute atomic E-state index is 13.1. The van der Waals surface area contributed by atoms with Gasteiger partial charge in [-0.1, -0.05) is 74.1 Å². The maximum Gasteiger partial charge on any atom is 0.253 e. The van der Waals surface area contributed by atoms with Crippen molar-refractivity contribution < 1.29 is 33.8 Å². The van der Waals surface area contributed by atoms with Gasteiger partial charge < -0.3 is 80.5 Å². The fraction of sp³-hybridized carbons (Fsp3) is 0.716. The standard InChI is InChI=1S/C27H37N7O3.C27H45N7O.C25H40N6O3.2CH4/c1-4-21-26(36)33(2)22-16-29-27(32-24(22)34(21)19-7-5-6-8-19)31-20-10-9-17(15-23(20)37-3)25(35)30-18-11-13-28-14-12-18;1-5-23-26(35)32(4)24-18-28-27(30-25(24)34(23)22-8-6-7-9-22)29-19(2)20-10-16-33(17-11-20)21-12-14-31(3)15-13-21;1-6-19-22(32)29(5)20-15-26-24(28-21(20)31(19)18-9-7-8-10-18)27-16(2)17-11-13-30(14-12-17)23(33)25(3,4)34;;/h9-10,15-16,18-19,21,28H,4-8,11-14H2,1-3H3,(H,30,35)(H,29,31,32);18-23H,5-17H2,1-4H3,(H,28,29,30);15-19,34H,6-14H2,1-5H3,(H,26,27,28);2*1H4/t21-;19-,23+;16-,19+;;/m100../s1. The van der Waals surface area contributed by atoms with E-state index in [2.05, 4.69) is 108 Å². The third-order valence-corrected chi connectivity index (χ3v) is 24.9. The van der Waals surface area contributed by atoms with E-state index < -0.39 is 5.60 Å². The van der Waals surface area contributed by atoms with Crippen molar-refractivity contribution in [3.8, 4) is 5.75 Å². The Morgan fingerprint density at radius 1 is 0.556 bits per heavy atom. The first kappa shape index (κ1) is 82.7. The van der Waals surface area contributed by atoms with Crippen LogP contribution in [0, 0.1) is 11.8 Å². The van der Waals surface area contributed by atoms with Crippen LogP contribution in [0.25, 0.3) is 0 Å². The Morgan fingerprint density at radius 3 is 1.35 bits per heavy atom. The SMILES string of the molecule is C.C.CC[C@@H]1C(=O)N(C)c2cnc(N[C@@H](C)C3CCN(C(=O)C(C)(C)O)CC3)nc2N1C1CCCC1.CC[C@@H]1C(=O)N(C)c2cnc(N[C@@H](C)C3CCN(C4CCN(C)CC4)CC3)nc2N1C1CCCC1.CC[C@@H]1C(=O)N(C)c2cnc(Nc3ccc(C(=O)NC4CCNCC4)cc3OC)nc2N1C1CCCC1. The number of nitrogens with one attached hydrogen (secondary N) is 5. The molecule has 7 fully saturated rings. The minimum atomic E-state index is -1.33. The Labute approximate surface area is 643 Å². The highest BCUT2D eigenvalue weighted by Crippen LogP contribution is 2.44. The lowest BCUT2D eigenvalue weighted by Crippen LogP contribution is -2.55. The zero-order valence-corrected chi connectivity index (χ0v) is 65.4. The number of ether oxygens (including phenoxy) is 1. The number of hydrogen-bond acceptors (Lipinski definition) is 22. The fourth-order valence-corrected chi connectivity index (χ4v) is 18.4. The number of rotatable bonds is 19. The average molecular weight is 1500 g/mol. The molecule has 108 heavy (non-hydrogen) atoms. The molecule has 10 heterocycles. The number of aliphatic hydroxyl groups is 1. The molecule has 27 heteroatoms. The monoisotopic (exact) mass is 1500 g/mol. The summed E-state index contributed by atoms with van der Waals surface area (Å²) in [6.45, 7) is 21.7. The third kappa shape index (κ3) is 18.3. The van der Waals surface area contributed by atoms with Crippen molar-refractivity contribution in [1.29, 1.82) is 0 Å². The van der Waals surface area contributed by atoms with Gasteiger partial charge in [0.1, 0.15) is 46.5 Å². The predicted molar refractivity (Wildman–Crippen MR) is 432 cm³/mol. The molecule has 7 aliphatic heterocycles. The molecule has 0 unspecified atom stereocenters. The van der Waals surface area contributed by atoms with Crippen LogP contribution in [0.15, 0.2) is 36.8 Å². The molecule has 0 radical (unpaired) electrons. The van der Waals surface area contributed by atoms with Gasteiger partial charge >= 0.3 is 0 Å². The number of likely N-dealkylation sites (tertiary alicyclic amines) is 3. The van der Waals surface area contributed by atoms with Crippen LogP contribution in [-0.4, -0.2) is 233 Å². The summed E-state index contributed by atoms with van der Waals surface area (Å²) in [5.41, 5.74) is 2.23. The molecule has 4 aromatic rings. The fourth-order valence-electron chi connectivity index (χ4n) is 18.4. The summed E-state index contributed by atoms with van der Waals surface area (Å²) in [4.78, 5) is 112. The predicted octanol–water partition coefficient (Wildman–Crippen LogP) is 10.9. The number of piperidine rings is 4. The Kier molecular flexibility index (Phi) is 28.2. The molecule has 0 bridgehead atoms. The molecule has 10 aliphatic rings. The number of aromatic nitrogens is 6. The molecular weight excluding hydrogens is 1370 g/mol. The number of fused-ring (bicyclic) bond motifs is 3. The van der Waals surface area contributed by atoms with E-state index >= 15 is 0 Å². The minimum absolute atomic E-state index is 0. The van der Waals surface area contributed by atoms with Gasteiger partial charge in [0.15, 0.2) is 17.5 Å². The Hall–Kier alpha value is -7.75. The molecule has 14 rings (SSSR count). The third-order valence-electron chi connectivity index (χ3n) is 24.9. The van der Waals surface area contributed by atoms with Crippen LogP contribution in [-0.2, 0) is 19.2 Å². The minimum Gasteiger partial charge on any atom is -0.495 e. The molecule has 5 atom stereocenters. The molecule has 27 nitrogen and oxygen atoms in total. The number of carbonyl (C=O) groups excluding carboxylic acids is 5. The van der Waals surface area contributed by atoms with E-state index in [1.165, 1.54) is 90.4 Å². The second-order valence-corrected chi connectivity index (χ2v) is 32.2. The molecule has 0 spiro atoms. The number of carbonyl (C=O) groups is 5. The van der Waals surface area contributed by atoms with Crippen LogP contribution in [0.1, 0.15) is 221 Å². The molecule has 3 aromatic heterocycles. The first-order valence-corrected chi connectivity index (χ1v) is 40.3. The number of nitrogens with zero attached hydrogens (tertiary/aromatic N) is 15. The van der Waals surface area contributed by atoms with Gasteiger partial charge in [-0.15, -0.1) is 0 Å². The quantitative estimate of drug-likeness (QED) is 0.0509. The number of amides is 5. The largest absolute Gasteiger partial charge is 0.495 e. The van der Waals surface area contributed by atoms with Crippen LogP contribution in [0.5, 0.6) is 5.75 Å². The average Bonchev–Trinajstić information content (AvgIpc) is 1.22. The number of hydrogen-bond donors (Lipinski definition) is 6. The number of methoxy groups -OCH3 is 1. The summed E-state index contributed by atoms with van der Waals surface area (Å²) < 4.78 is 5.61.